The number of hydrogen-bond donors (Lipinski definition) is 1. The van der Waals surface area contributed by atoms with Crippen LogP contribution in [0.1, 0.15) is 25.7 Å². The van der Waals surface area contributed by atoms with Gasteiger partial charge < -0.3 is 5.32 Å². The number of hydrogen-bond acceptors (Lipinski definition) is 5. The quantitative estimate of drug-likeness (QED) is 0.703. The number of sulfonamides is 1. The number of carbonyl (C=O) groups excluding carboxylic acids is 1. The van der Waals surface area contributed by atoms with Gasteiger partial charge in [-0.05, 0) is 37.1 Å². The van der Waals surface area contributed by atoms with Gasteiger partial charge >= 0.3 is 6.18 Å². The largest absolute Gasteiger partial charge is 0.401 e. The normalized spacial score (nSPS) is 20.4. The minimum Gasteiger partial charge on any atom is -0.325 e. The zero-order valence-corrected chi connectivity index (χ0v) is 18.2. The van der Waals surface area contributed by atoms with Crippen molar-refractivity contribution in [3.63, 3.8) is 0 Å². The second-order valence-corrected chi connectivity index (χ2v) is 10.00. The second kappa shape index (κ2) is 10.3. The first-order chi connectivity index (χ1) is 14.6. The van der Waals surface area contributed by atoms with Crippen LogP contribution in [0.4, 0.5) is 18.9 Å². The van der Waals surface area contributed by atoms with E-state index in [-0.39, 0.29) is 30.4 Å². The molecule has 0 bridgehead atoms. The first-order valence-corrected chi connectivity index (χ1v) is 12.0. The molecule has 1 N–H and O–H groups in total. The predicted molar refractivity (Wildman–Crippen MR) is 111 cm³/mol. The predicted octanol–water partition coefficient (Wildman–Crippen LogP) is 2.37. The molecule has 0 unspecified atom stereocenters. The third-order valence-electron chi connectivity index (χ3n) is 5.58. The molecular formula is C20H29F3N4O3S. The van der Waals surface area contributed by atoms with Crippen molar-refractivity contribution < 1.29 is 26.4 Å². The molecule has 0 saturated carbocycles. The Balaban J connectivity index is 1.49. The van der Waals surface area contributed by atoms with Crippen molar-refractivity contribution in [1.29, 1.82) is 0 Å². The summed E-state index contributed by atoms with van der Waals surface area (Å²) in [6.45, 7) is 1.49. The second-order valence-electron chi connectivity index (χ2n) is 8.06. The number of halogens is 3. The van der Waals surface area contributed by atoms with Gasteiger partial charge in [-0.3, -0.25) is 14.6 Å². The van der Waals surface area contributed by atoms with Crippen molar-refractivity contribution in [3.8, 4) is 0 Å². The van der Waals surface area contributed by atoms with Crippen molar-refractivity contribution in [2.24, 2.45) is 0 Å². The molecule has 0 atom stereocenters. The van der Waals surface area contributed by atoms with Gasteiger partial charge in [-0.15, -0.1) is 0 Å². The Morgan fingerprint density at radius 1 is 0.871 bits per heavy atom. The summed E-state index contributed by atoms with van der Waals surface area (Å²) in [5, 5.41) is 2.72. The Morgan fingerprint density at radius 2 is 1.42 bits per heavy atom. The highest BCUT2D eigenvalue weighted by Crippen LogP contribution is 2.22. The van der Waals surface area contributed by atoms with E-state index < -0.39 is 22.7 Å². The topological polar surface area (TPSA) is 73.0 Å². The van der Waals surface area contributed by atoms with Gasteiger partial charge in [-0.25, -0.2) is 8.42 Å². The van der Waals surface area contributed by atoms with Crippen LogP contribution in [0, 0.1) is 0 Å². The lowest BCUT2D eigenvalue weighted by atomic mass is 10.2. The van der Waals surface area contributed by atoms with E-state index in [0.29, 0.717) is 31.9 Å². The van der Waals surface area contributed by atoms with Crippen molar-refractivity contribution in [3.05, 3.63) is 24.3 Å². The lowest BCUT2D eigenvalue weighted by Crippen LogP contribution is -2.50. The Morgan fingerprint density at radius 3 is 1.97 bits per heavy atom. The van der Waals surface area contributed by atoms with Crippen LogP contribution in [0.15, 0.2) is 29.2 Å². The number of piperazine rings is 1. The third-order valence-corrected chi connectivity index (χ3v) is 7.49. The Labute approximate surface area is 181 Å². The number of anilines is 1. The Bertz CT molecular complexity index is 830. The highest BCUT2D eigenvalue weighted by atomic mass is 32.2. The summed E-state index contributed by atoms with van der Waals surface area (Å²) < 4.78 is 64.5. The fraction of sp³-hybridized carbons (Fsp3) is 0.650. The standard InChI is InChI=1S/C20H29F3N4O3S/c21-20(22,23)16-26-13-11-25(12-14-26)15-19(28)24-17-5-7-18(8-6-17)31(29,30)27-9-3-1-2-4-10-27/h5-8H,1-4,9-16H2,(H,24,28). The van der Waals surface area contributed by atoms with Gasteiger partial charge in [-0.1, -0.05) is 12.8 Å². The van der Waals surface area contributed by atoms with Crippen molar-refractivity contribution >= 4 is 21.6 Å². The van der Waals surface area contributed by atoms with Crippen LogP contribution in [0.25, 0.3) is 0 Å². The number of rotatable bonds is 6. The first-order valence-electron chi connectivity index (χ1n) is 10.5. The average molecular weight is 463 g/mol. The fourth-order valence-electron chi connectivity index (χ4n) is 3.90. The molecule has 3 rings (SSSR count). The maximum absolute atomic E-state index is 12.8. The monoisotopic (exact) mass is 462 g/mol. The van der Waals surface area contributed by atoms with Gasteiger partial charge in [0.15, 0.2) is 0 Å². The molecule has 7 nitrogen and oxygen atoms in total. The first kappa shape index (κ1) is 24.0. The van der Waals surface area contributed by atoms with E-state index in [0.717, 1.165) is 25.7 Å². The maximum Gasteiger partial charge on any atom is 0.401 e. The van der Waals surface area contributed by atoms with E-state index >= 15 is 0 Å². The van der Waals surface area contributed by atoms with Gasteiger partial charge in [0, 0.05) is 45.0 Å². The molecule has 0 radical (unpaired) electrons. The van der Waals surface area contributed by atoms with Gasteiger partial charge in [0.1, 0.15) is 0 Å². The molecule has 174 valence electrons. The number of amides is 1. The van der Waals surface area contributed by atoms with Gasteiger partial charge in [0.25, 0.3) is 0 Å². The van der Waals surface area contributed by atoms with E-state index in [1.54, 1.807) is 17.0 Å². The fourth-order valence-corrected chi connectivity index (χ4v) is 5.42. The Hall–Kier alpha value is -1.69. The summed E-state index contributed by atoms with van der Waals surface area (Å²) in [5.74, 6) is -0.285. The van der Waals surface area contributed by atoms with Crippen molar-refractivity contribution in [1.82, 2.24) is 14.1 Å². The van der Waals surface area contributed by atoms with Gasteiger partial charge in [-0.2, -0.15) is 17.5 Å². The van der Waals surface area contributed by atoms with E-state index in [9.17, 15) is 26.4 Å². The highest BCUT2D eigenvalue weighted by molar-refractivity contribution is 7.89. The molecule has 2 heterocycles. The van der Waals surface area contributed by atoms with Crippen LogP contribution in [0.5, 0.6) is 0 Å². The number of carbonyl (C=O) groups is 1. The van der Waals surface area contributed by atoms with Crippen LogP contribution < -0.4 is 5.32 Å². The number of alkyl halides is 3. The molecule has 31 heavy (non-hydrogen) atoms. The van der Waals surface area contributed by atoms with E-state index in [1.165, 1.54) is 21.3 Å². The minimum absolute atomic E-state index is 0.0771. The van der Waals surface area contributed by atoms with Gasteiger partial charge in [0.05, 0.1) is 18.0 Å². The molecule has 0 aromatic heterocycles. The molecule has 1 aromatic rings. The number of nitrogens with zero attached hydrogens (tertiary/aromatic N) is 3. The summed E-state index contributed by atoms with van der Waals surface area (Å²) in [5.41, 5.74) is 0.482. The third kappa shape index (κ3) is 7.16. The van der Waals surface area contributed by atoms with Crippen LogP contribution in [-0.4, -0.2) is 87.0 Å². The molecular weight excluding hydrogens is 433 g/mol. The molecule has 1 amide bonds. The molecule has 2 saturated heterocycles. The molecule has 2 aliphatic rings. The number of benzene rings is 1. The zero-order chi connectivity index (χ0) is 22.5. The highest BCUT2D eigenvalue weighted by Gasteiger charge is 2.32. The summed E-state index contributed by atoms with van der Waals surface area (Å²) in [6.07, 6.45) is -0.426. The molecule has 2 fully saturated rings. The summed E-state index contributed by atoms with van der Waals surface area (Å²) in [6, 6.07) is 6.10. The van der Waals surface area contributed by atoms with Crippen LogP contribution >= 0.6 is 0 Å². The minimum atomic E-state index is -4.22. The average Bonchev–Trinajstić information content (AvgIpc) is 2.99. The Kier molecular flexibility index (Phi) is 7.95. The van der Waals surface area contributed by atoms with E-state index in [4.69, 9.17) is 0 Å². The lowest BCUT2D eigenvalue weighted by Gasteiger charge is -2.34. The van der Waals surface area contributed by atoms with Crippen molar-refractivity contribution in [2.45, 2.75) is 36.8 Å². The maximum atomic E-state index is 12.8. The molecule has 0 aliphatic carbocycles. The summed E-state index contributed by atoms with van der Waals surface area (Å²) in [7, 11) is -3.54. The lowest BCUT2D eigenvalue weighted by molar-refractivity contribution is -0.149. The molecule has 11 heteroatoms. The molecule has 2 aliphatic heterocycles. The molecule has 1 aromatic carbocycles. The van der Waals surface area contributed by atoms with Crippen molar-refractivity contribution in [2.75, 3.05) is 57.7 Å². The zero-order valence-electron chi connectivity index (χ0n) is 17.4. The van der Waals surface area contributed by atoms with Crippen LogP contribution in [0.3, 0.4) is 0 Å². The smallest absolute Gasteiger partial charge is 0.325 e. The summed E-state index contributed by atoms with van der Waals surface area (Å²) in [4.78, 5) is 15.6. The SMILES string of the molecule is O=C(CN1CCN(CC(F)(F)F)CC1)Nc1ccc(S(=O)(=O)N2CCCCCC2)cc1. The van der Waals surface area contributed by atoms with Crippen LogP contribution in [0.2, 0.25) is 0 Å². The van der Waals surface area contributed by atoms with E-state index in [2.05, 4.69) is 5.32 Å². The number of nitrogens with one attached hydrogen (secondary N) is 1. The van der Waals surface area contributed by atoms with Gasteiger partial charge in [0.2, 0.25) is 15.9 Å². The summed E-state index contributed by atoms with van der Waals surface area (Å²) >= 11 is 0. The van der Waals surface area contributed by atoms with E-state index in [1.807, 2.05) is 0 Å². The van der Waals surface area contributed by atoms with Crippen LogP contribution in [-0.2, 0) is 14.8 Å². The molecule has 0 spiro atoms.